The number of carbonyl (C=O) groups is 1. The topological polar surface area (TPSA) is 102 Å². The van der Waals surface area contributed by atoms with Crippen LogP contribution in [0.1, 0.15) is 51.1 Å². The minimum atomic E-state index is -0.160. The molecule has 0 atom stereocenters. The fourth-order valence-corrected chi connectivity index (χ4v) is 3.89. The van der Waals surface area contributed by atoms with E-state index < -0.39 is 0 Å². The molecule has 9 nitrogen and oxygen atoms in total. The molecule has 2 aromatic heterocycles. The van der Waals surface area contributed by atoms with Gasteiger partial charge < -0.3 is 19.4 Å². The number of H-pyrrole nitrogens is 1. The molecule has 1 fully saturated rings. The van der Waals surface area contributed by atoms with Crippen molar-refractivity contribution in [1.29, 1.82) is 0 Å². The van der Waals surface area contributed by atoms with Crippen molar-refractivity contribution in [1.82, 2.24) is 24.4 Å². The zero-order valence-corrected chi connectivity index (χ0v) is 18.3. The normalized spacial score (nSPS) is 15.6. The number of hydrogen-bond donors (Lipinski definition) is 1. The highest BCUT2D eigenvalue weighted by molar-refractivity contribution is 5.73. The molecule has 0 amide bonds. The van der Waals surface area contributed by atoms with Gasteiger partial charge >= 0.3 is 17.7 Å². The lowest BCUT2D eigenvalue weighted by Gasteiger charge is -2.30. The molecule has 30 heavy (non-hydrogen) atoms. The number of fused-ring (bicyclic) bond motifs is 1. The fraction of sp³-hybridized carbons (Fsp3) is 0.714. The molecule has 1 aliphatic rings. The molecule has 0 aromatic carbocycles. The molecule has 1 saturated heterocycles. The molecule has 0 aliphatic carbocycles. The van der Waals surface area contributed by atoms with Crippen LogP contribution in [0, 0.1) is 12.8 Å². The number of aromatic nitrogens is 4. The SMILES string of the molecule is CCCCOc1nc(C)c2[nH]c(=O)n(CCCCN3CCC(C(=O)OC)CC3)c2n1. The molecule has 0 unspecified atom stereocenters. The van der Waals surface area contributed by atoms with Crippen molar-refractivity contribution in [3.05, 3.63) is 16.2 Å². The maximum absolute atomic E-state index is 12.4. The standard InChI is InChI=1S/C21H33N5O4/c1-4-5-14-30-20-22-15(2)17-18(24-20)26(21(28)23-17)11-7-6-10-25-12-8-16(9-13-25)19(27)29-3/h16H,4-14H2,1-3H3,(H,23,28). The van der Waals surface area contributed by atoms with Gasteiger partial charge in [0.05, 0.1) is 25.3 Å². The van der Waals surface area contributed by atoms with Crippen LogP contribution >= 0.6 is 0 Å². The Labute approximate surface area is 176 Å². The van der Waals surface area contributed by atoms with E-state index in [-0.39, 0.29) is 17.6 Å². The van der Waals surface area contributed by atoms with E-state index in [1.54, 1.807) is 4.57 Å². The van der Waals surface area contributed by atoms with Crippen molar-refractivity contribution in [2.45, 2.75) is 58.9 Å². The Morgan fingerprint density at radius 3 is 2.60 bits per heavy atom. The zero-order chi connectivity index (χ0) is 21.5. The van der Waals surface area contributed by atoms with Crippen LogP contribution in [0.4, 0.5) is 0 Å². The number of likely N-dealkylation sites (tertiary alicyclic amines) is 1. The van der Waals surface area contributed by atoms with Gasteiger partial charge in [-0.05, 0) is 58.7 Å². The maximum atomic E-state index is 12.4. The fourth-order valence-electron chi connectivity index (χ4n) is 3.89. The number of nitrogens with zero attached hydrogens (tertiary/aromatic N) is 4. The maximum Gasteiger partial charge on any atom is 0.327 e. The highest BCUT2D eigenvalue weighted by atomic mass is 16.5. The van der Waals surface area contributed by atoms with Crippen molar-refractivity contribution in [3.8, 4) is 6.01 Å². The number of methoxy groups -OCH3 is 1. The Bertz CT molecular complexity index is 899. The van der Waals surface area contributed by atoms with E-state index in [1.807, 2.05) is 6.92 Å². The van der Waals surface area contributed by atoms with Gasteiger partial charge in [-0.15, -0.1) is 0 Å². The van der Waals surface area contributed by atoms with Crippen molar-refractivity contribution in [2.24, 2.45) is 5.92 Å². The molecule has 1 aliphatic heterocycles. The van der Waals surface area contributed by atoms with Gasteiger partial charge in [0.1, 0.15) is 5.52 Å². The molecular formula is C21H33N5O4. The van der Waals surface area contributed by atoms with E-state index in [0.29, 0.717) is 30.3 Å². The van der Waals surface area contributed by atoms with Crippen molar-refractivity contribution >= 4 is 17.1 Å². The number of nitrogens with one attached hydrogen (secondary N) is 1. The van der Waals surface area contributed by atoms with Gasteiger partial charge in [0, 0.05) is 6.54 Å². The molecule has 9 heteroatoms. The summed E-state index contributed by atoms with van der Waals surface area (Å²) in [5, 5.41) is 0. The smallest absolute Gasteiger partial charge is 0.327 e. The molecule has 0 spiro atoms. The van der Waals surface area contributed by atoms with Crippen LogP contribution in [-0.2, 0) is 16.1 Å². The lowest BCUT2D eigenvalue weighted by atomic mass is 9.97. The number of unbranched alkanes of at least 4 members (excludes halogenated alkanes) is 2. The summed E-state index contributed by atoms with van der Waals surface area (Å²) in [5.74, 6) is -0.0589. The summed E-state index contributed by atoms with van der Waals surface area (Å²) in [6, 6.07) is 0.328. The highest BCUT2D eigenvalue weighted by Crippen LogP contribution is 2.19. The van der Waals surface area contributed by atoms with Gasteiger partial charge in [-0.25, -0.2) is 4.79 Å². The number of piperidine rings is 1. The number of ether oxygens (including phenoxy) is 2. The van der Waals surface area contributed by atoms with E-state index in [9.17, 15) is 9.59 Å². The van der Waals surface area contributed by atoms with Crippen LogP contribution in [0.2, 0.25) is 0 Å². The number of hydrogen-bond acceptors (Lipinski definition) is 7. The van der Waals surface area contributed by atoms with Crippen LogP contribution in [-0.4, -0.2) is 63.7 Å². The van der Waals surface area contributed by atoms with Gasteiger partial charge in [0.2, 0.25) is 0 Å². The van der Waals surface area contributed by atoms with Gasteiger partial charge in [-0.2, -0.15) is 9.97 Å². The minimum Gasteiger partial charge on any atom is -0.469 e. The first-order valence-electron chi connectivity index (χ1n) is 10.9. The average molecular weight is 420 g/mol. The van der Waals surface area contributed by atoms with Crippen molar-refractivity contribution < 1.29 is 14.3 Å². The number of imidazole rings is 1. The minimum absolute atomic E-state index is 0.0349. The average Bonchev–Trinajstić information content (AvgIpc) is 3.07. The lowest BCUT2D eigenvalue weighted by molar-refractivity contribution is -0.147. The number of aryl methyl sites for hydroxylation is 2. The van der Waals surface area contributed by atoms with Gasteiger partial charge in [0.15, 0.2) is 5.65 Å². The second kappa shape index (κ2) is 10.6. The Kier molecular flexibility index (Phi) is 7.84. The first kappa shape index (κ1) is 22.3. The Balaban J connectivity index is 1.54. The molecule has 0 radical (unpaired) electrons. The summed E-state index contributed by atoms with van der Waals surface area (Å²) in [7, 11) is 1.45. The largest absolute Gasteiger partial charge is 0.469 e. The van der Waals surface area contributed by atoms with Crippen LogP contribution < -0.4 is 10.4 Å². The first-order chi connectivity index (χ1) is 14.5. The van der Waals surface area contributed by atoms with Gasteiger partial charge in [-0.1, -0.05) is 13.3 Å². The quantitative estimate of drug-likeness (QED) is 0.465. The molecule has 3 rings (SSSR count). The number of aromatic amines is 1. The molecule has 2 aromatic rings. The third-order valence-corrected chi connectivity index (χ3v) is 5.74. The van der Waals surface area contributed by atoms with Gasteiger partial charge in [-0.3, -0.25) is 9.36 Å². The van der Waals surface area contributed by atoms with Gasteiger partial charge in [0.25, 0.3) is 0 Å². The predicted octanol–water partition coefficient (Wildman–Crippen LogP) is 2.27. The summed E-state index contributed by atoms with van der Waals surface area (Å²) in [6.45, 7) is 7.92. The summed E-state index contributed by atoms with van der Waals surface area (Å²) in [5.41, 5.74) is 1.84. The Morgan fingerprint density at radius 1 is 1.17 bits per heavy atom. The Morgan fingerprint density at radius 2 is 1.90 bits per heavy atom. The summed E-state index contributed by atoms with van der Waals surface area (Å²) in [6.07, 6.45) is 5.54. The molecule has 1 N–H and O–H groups in total. The number of rotatable bonds is 10. The van der Waals surface area contributed by atoms with E-state index in [4.69, 9.17) is 9.47 Å². The second-order valence-corrected chi connectivity index (χ2v) is 7.92. The highest BCUT2D eigenvalue weighted by Gasteiger charge is 2.25. The van der Waals surface area contributed by atoms with Crippen LogP contribution in [0.3, 0.4) is 0 Å². The van der Waals surface area contributed by atoms with E-state index in [0.717, 1.165) is 63.9 Å². The van der Waals surface area contributed by atoms with Crippen molar-refractivity contribution in [2.75, 3.05) is 33.4 Å². The Hall–Kier alpha value is -2.42. The number of esters is 1. The summed E-state index contributed by atoms with van der Waals surface area (Å²) < 4.78 is 12.2. The molecule has 166 valence electrons. The number of carbonyl (C=O) groups excluding carboxylic acids is 1. The van der Waals surface area contributed by atoms with E-state index in [2.05, 4.69) is 26.8 Å². The molecular weight excluding hydrogens is 386 g/mol. The lowest BCUT2D eigenvalue weighted by Crippen LogP contribution is -2.37. The van der Waals surface area contributed by atoms with Crippen LogP contribution in [0.5, 0.6) is 6.01 Å². The van der Waals surface area contributed by atoms with Crippen LogP contribution in [0.25, 0.3) is 11.2 Å². The van der Waals surface area contributed by atoms with Crippen molar-refractivity contribution in [3.63, 3.8) is 0 Å². The molecule has 0 bridgehead atoms. The summed E-state index contributed by atoms with van der Waals surface area (Å²) in [4.78, 5) is 38.1. The van der Waals surface area contributed by atoms with E-state index >= 15 is 0 Å². The predicted molar refractivity (Wildman–Crippen MR) is 114 cm³/mol. The molecule has 0 saturated carbocycles. The first-order valence-corrected chi connectivity index (χ1v) is 10.9. The molecule has 3 heterocycles. The third kappa shape index (κ3) is 5.38. The zero-order valence-electron chi connectivity index (χ0n) is 18.3. The monoisotopic (exact) mass is 419 g/mol. The summed E-state index contributed by atoms with van der Waals surface area (Å²) >= 11 is 0. The third-order valence-electron chi connectivity index (χ3n) is 5.74. The second-order valence-electron chi connectivity index (χ2n) is 7.92. The van der Waals surface area contributed by atoms with E-state index in [1.165, 1.54) is 7.11 Å². The van der Waals surface area contributed by atoms with Crippen LogP contribution in [0.15, 0.2) is 4.79 Å².